The fourth-order valence-electron chi connectivity index (χ4n) is 2.45. The van der Waals surface area contributed by atoms with E-state index in [9.17, 15) is 13.2 Å². The minimum atomic E-state index is -3.58. The Morgan fingerprint density at radius 1 is 1.15 bits per heavy atom. The van der Waals surface area contributed by atoms with Gasteiger partial charge in [0, 0.05) is 10.1 Å². The van der Waals surface area contributed by atoms with Gasteiger partial charge in [0.15, 0.2) is 11.5 Å². The summed E-state index contributed by atoms with van der Waals surface area (Å²) in [5, 5.41) is 2.73. The molecule has 7 nitrogen and oxygen atoms in total. The molecule has 0 bridgehead atoms. The Morgan fingerprint density at radius 2 is 1.85 bits per heavy atom. The molecule has 9 heteroatoms. The van der Waals surface area contributed by atoms with Crippen LogP contribution in [0, 0.1) is 3.57 Å². The van der Waals surface area contributed by atoms with Crippen molar-refractivity contribution in [3.05, 3.63) is 51.6 Å². The minimum Gasteiger partial charge on any atom is -0.454 e. The molecule has 0 aliphatic carbocycles. The number of nitrogens with one attached hydrogen (secondary N) is 1. The molecule has 138 valence electrons. The van der Waals surface area contributed by atoms with Gasteiger partial charge in [0.2, 0.25) is 22.7 Å². The number of nitrogens with zero attached hydrogens (tertiary/aromatic N) is 1. The van der Waals surface area contributed by atoms with E-state index in [1.165, 1.54) is 0 Å². The van der Waals surface area contributed by atoms with Crippen molar-refractivity contribution in [2.75, 3.05) is 23.9 Å². The van der Waals surface area contributed by atoms with E-state index in [-0.39, 0.29) is 19.9 Å². The van der Waals surface area contributed by atoms with Gasteiger partial charge in [-0.3, -0.25) is 9.10 Å². The fraction of sp³-hybridized carbons (Fsp3) is 0.235. The van der Waals surface area contributed by atoms with Crippen molar-refractivity contribution in [3.63, 3.8) is 0 Å². The van der Waals surface area contributed by atoms with E-state index >= 15 is 0 Å². The molecule has 26 heavy (non-hydrogen) atoms. The second kappa shape index (κ2) is 7.70. The van der Waals surface area contributed by atoms with Crippen LogP contribution >= 0.6 is 22.6 Å². The summed E-state index contributed by atoms with van der Waals surface area (Å²) in [7, 11) is -3.58. The van der Waals surface area contributed by atoms with E-state index in [0.29, 0.717) is 17.2 Å². The van der Waals surface area contributed by atoms with E-state index in [0.717, 1.165) is 19.7 Å². The number of hydrogen-bond donors (Lipinski definition) is 1. The Hall–Kier alpha value is -2.01. The fourth-order valence-corrected chi connectivity index (χ4v) is 3.66. The van der Waals surface area contributed by atoms with Gasteiger partial charge in [-0.15, -0.1) is 0 Å². The van der Waals surface area contributed by atoms with Crippen LogP contribution in [0.3, 0.4) is 0 Å². The van der Waals surface area contributed by atoms with Crippen LogP contribution in [0.25, 0.3) is 0 Å². The maximum atomic E-state index is 12.3. The third kappa shape index (κ3) is 4.58. The Kier molecular flexibility index (Phi) is 5.56. The van der Waals surface area contributed by atoms with Crippen LogP contribution in [-0.4, -0.2) is 33.9 Å². The molecular formula is C17H17IN2O5S. The van der Waals surface area contributed by atoms with Crippen LogP contribution in [0.5, 0.6) is 11.5 Å². The summed E-state index contributed by atoms with van der Waals surface area (Å²) >= 11 is 2.13. The number of amides is 1. The number of sulfonamides is 1. The molecule has 1 aliphatic heterocycles. The molecular weight excluding hydrogens is 471 g/mol. The first kappa shape index (κ1) is 18.8. The zero-order valence-corrected chi connectivity index (χ0v) is 16.9. The summed E-state index contributed by atoms with van der Waals surface area (Å²) in [5.41, 5.74) is 1.29. The SMILES string of the molecule is CS(=O)(=O)N(CC(=O)NCc1ccc2c(c1)OCO2)c1ccc(I)cc1. The molecule has 0 aromatic heterocycles. The maximum absolute atomic E-state index is 12.3. The van der Waals surface area contributed by atoms with Gasteiger partial charge in [0.05, 0.1) is 11.9 Å². The summed E-state index contributed by atoms with van der Waals surface area (Å²) in [6, 6.07) is 12.3. The first-order chi connectivity index (χ1) is 12.3. The number of anilines is 1. The number of benzene rings is 2. The van der Waals surface area contributed by atoms with E-state index in [1.54, 1.807) is 36.4 Å². The van der Waals surface area contributed by atoms with Crippen molar-refractivity contribution in [2.24, 2.45) is 0 Å². The van der Waals surface area contributed by atoms with Gasteiger partial charge in [-0.1, -0.05) is 6.07 Å². The summed E-state index contributed by atoms with van der Waals surface area (Å²) in [6.07, 6.45) is 1.08. The average molecular weight is 488 g/mol. The Balaban J connectivity index is 1.65. The molecule has 0 fully saturated rings. The third-order valence-corrected chi connectivity index (χ3v) is 5.59. The van der Waals surface area contributed by atoms with Crippen LogP contribution in [0.2, 0.25) is 0 Å². The number of fused-ring (bicyclic) bond motifs is 1. The molecule has 3 rings (SSSR count). The van der Waals surface area contributed by atoms with Crippen LogP contribution in [0.4, 0.5) is 5.69 Å². The Morgan fingerprint density at radius 3 is 2.54 bits per heavy atom. The number of ether oxygens (including phenoxy) is 2. The molecule has 0 atom stereocenters. The minimum absolute atomic E-state index is 0.185. The van der Waals surface area contributed by atoms with Gasteiger partial charge in [-0.25, -0.2) is 8.42 Å². The third-order valence-electron chi connectivity index (χ3n) is 3.73. The largest absolute Gasteiger partial charge is 0.454 e. The first-order valence-corrected chi connectivity index (χ1v) is 10.6. The van der Waals surface area contributed by atoms with E-state index in [4.69, 9.17) is 9.47 Å². The molecule has 1 heterocycles. The van der Waals surface area contributed by atoms with Crippen LogP contribution in [0.1, 0.15) is 5.56 Å². The Labute approximate surface area is 165 Å². The van der Waals surface area contributed by atoms with Crippen LogP contribution in [-0.2, 0) is 21.4 Å². The lowest BCUT2D eigenvalue weighted by Gasteiger charge is -2.22. The van der Waals surface area contributed by atoms with Crippen molar-refractivity contribution in [3.8, 4) is 11.5 Å². The van der Waals surface area contributed by atoms with Gasteiger partial charge in [0.1, 0.15) is 6.54 Å². The number of hydrogen-bond acceptors (Lipinski definition) is 5. The van der Waals surface area contributed by atoms with Crippen molar-refractivity contribution in [1.82, 2.24) is 5.32 Å². The second-order valence-corrected chi connectivity index (χ2v) is 8.86. The van der Waals surface area contributed by atoms with E-state index in [2.05, 4.69) is 27.9 Å². The quantitative estimate of drug-likeness (QED) is 0.630. The van der Waals surface area contributed by atoms with Gasteiger partial charge in [-0.2, -0.15) is 0 Å². The number of carbonyl (C=O) groups excluding carboxylic acids is 1. The Bertz CT molecular complexity index is 915. The van der Waals surface area contributed by atoms with E-state index < -0.39 is 15.9 Å². The lowest BCUT2D eigenvalue weighted by molar-refractivity contribution is -0.119. The highest BCUT2D eigenvalue weighted by Gasteiger charge is 2.21. The first-order valence-electron chi connectivity index (χ1n) is 7.71. The standard InChI is InChI=1S/C17H17IN2O5S/c1-26(22,23)20(14-5-3-13(18)4-6-14)10-17(21)19-9-12-2-7-15-16(8-12)25-11-24-15/h2-8H,9-11H2,1H3,(H,19,21). The molecule has 1 amide bonds. The van der Waals surface area contributed by atoms with Gasteiger partial charge < -0.3 is 14.8 Å². The zero-order chi connectivity index (χ0) is 18.7. The van der Waals surface area contributed by atoms with Crippen molar-refractivity contribution in [2.45, 2.75) is 6.54 Å². The molecule has 1 aliphatic rings. The topological polar surface area (TPSA) is 84.9 Å². The van der Waals surface area contributed by atoms with Crippen molar-refractivity contribution >= 4 is 44.2 Å². The highest BCUT2D eigenvalue weighted by Crippen LogP contribution is 2.32. The van der Waals surface area contributed by atoms with Gasteiger partial charge in [-0.05, 0) is 64.6 Å². The molecule has 1 N–H and O–H groups in total. The maximum Gasteiger partial charge on any atom is 0.241 e. The predicted octanol–water partition coefficient (Wildman–Crippen LogP) is 2.10. The van der Waals surface area contributed by atoms with Crippen LogP contribution < -0.4 is 19.1 Å². The average Bonchev–Trinajstić information content (AvgIpc) is 3.05. The second-order valence-electron chi connectivity index (χ2n) is 5.71. The smallest absolute Gasteiger partial charge is 0.241 e. The number of carbonyl (C=O) groups is 1. The van der Waals surface area contributed by atoms with E-state index in [1.807, 2.05) is 6.07 Å². The number of halogens is 1. The normalized spacial score (nSPS) is 12.7. The zero-order valence-electron chi connectivity index (χ0n) is 13.9. The predicted molar refractivity (Wildman–Crippen MR) is 106 cm³/mol. The highest BCUT2D eigenvalue weighted by atomic mass is 127. The molecule has 0 spiro atoms. The number of rotatable bonds is 6. The van der Waals surface area contributed by atoms with Gasteiger partial charge in [0.25, 0.3) is 0 Å². The molecule has 0 saturated heterocycles. The summed E-state index contributed by atoms with van der Waals surface area (Å²) in [4.78, 5) is 12.3. The summed E-state index contributed by atoms with van der Waals surface area (Å²) < 4.78 is 36.7. The molecule has 2 aromatic carbocycles. The lowest BCUT2D eigenvalue weighted by Crippen LogP contribution is -2.40. The summed E-state index contributed by atoms with van der Waals surface area (Å²) in [5.74, 6) is 0.905. The molecule has 0 saturated carbocycles. The van der Waals surface area contributed by atoms with Gasteiger partial charge >= 0.3 is 0 Å². The van der Waals surface area contributed by atoms with Crippen molar-refractivity contribution < 1.29 is 22.7 Å². The monoisotopic (exact) mass is 488 g/mol. The highest BCUT2D eigenvalue weighted by molar-refractivity contribution is 14.1. The molecule has 2 aromatic rings. The molecule has 0 unspecified atom stereocenters. The molecule has 0 radical (unpaired) electrons. The summed E-state index contributed by atoms with van der Waals surface area (Å²) in [6.45, 7) is 0.161. The van der Waals surface area contributed by atoms with Crippen LogP contribution in [0.15, 0.2) is 42.5 Å². The lowest BCUT2D eigenvalue weighted by atomic mass is 10.2. The van der Waals surface area contributed by atoms with Crippen molar-refractivity contribution in [1.29, 1.82) is 0 Å².